The van der Waals surface area contributed by atoms with Gasteiger partial charge in [-0.1, -0.05) is 20.8 Å². The number of hydrogen-bond acceptors (Lipinski definition) is 9. The lowest BCUT2D eigenvalue weighted by Crippen LogP contribution is -2.38. The molecule has 0 aliphatic carbocycles. The molecule has 0 aromatic carbocycles. The average molecular weight is 455 g/mol. The van der Waals surface area contributed by atoms with Crippen LogP contribution in [0.5, 0.6) is 0 Å². The highest BCUT2D eigenvalue weighted by atomic mass is 31.1. The summed E-state index contributed by atoms with van der Waals surface area (Å²) in [7, 11) is -0.514. The van der Waals surface area contributed by atoms with Crippen molar-refractivity contribution in [1.29, 1.82) is 0 Å². The molecule has 1 saturated heterocycles. The maximum Gasteiger partial charge on any atom is 0.195 e. The van der Waals surface area contributed by atoms with Gasteiger partial charge in [0, 0.05) is 19.1 Å². The van der Waals surface area contributed by atoms with E-state index >= 15 is 0 Å². The standard InChI is InChI=1S/C20H34N5O5P/c1-6-12(7-2)31(28)30-20(4,8-3)9-13-15(26)16(27)19(29-13)25-11-24-14-17(21-5)22-10-23-18(14)25/h10-13,15-16,19,26-27,31H,6-9H2,1-5H3,(H,21,22,23)/t13-,15-,16-,19?,20+/m1/s1. The lowest BCUT2D eigenvalue weighted by Gasteiger charge is -2.33. The number of aromatic nitrogens is 4. The molecule has 2 aromatic heterocycles. The summed E-state index contributed by atoms with van der Waals surface area (Å²) in [6.07, 6.45) is 1.56. The third kappa shape index (κ3) is 4.78. The first-order valence-corrected chi connectivity index (χ1v) is 12.3. The van der Waals surface area contributed by atoms with Gasteiger partial charge in [0.1, 0.15) is 24.1 Å². The Bertz CT molecular complexity index is 907. The SMILES string of the molecule is CCC(CC)[PH](=O)O[C@@](C)(CC)C[C@H]1OC(n2cnc3c(NC)ncnc32)[C@H](O)[C@@H]1O. The smallest absolute Gasteiger partial charge is 0.195 e. The fourth-order valence-corrected chi connectivity index (χ4v) is 5.53. The van der Waals surface area contributed by atoms with E-state index in [9.17, 15) is 14.8 Å². The molecule has 0 saturated carbocycles. The summed E-state index contributed by atoms with van der Waals surface area (Å²) in [6, 6.07) is 0. The van der Waals surface area contributed by atoms with E-state index in [2.05, 4.69) is 20.3 Å². The van der Waals surface area contributed by atoms with E-state index in [1.54, 1.807) is 11.6 Å². The molecule has 1 aliphatic heterocycles. The molecule has 174 valence electrons. The van der Waals surface area contributed by atoms with Crippen LogP contribution in [-0.4, -0.2) is 66.4 Å². The van der Waals surface area contributed by atoms with Gasteiger partial charge in [0.2, 0.25) is 0 Å². The van der Waals surface area contributed by atoms with Crippen molar-refractivity contribution in [2.75, 3.05) is 12.4 Å². The number of aliphatic hydroxyl groups excluding tert-OH is 2. The Hall–Kier alpha value is -1.58. The second kappa shape index (κ2) is 9.92. The van der Waals surface area contributed by atoms with Crippen LogP contribution in [0, 0.1) is 0 Å². The van der Waals surface area contributed by atoms with Crippen molar-refractivity contribution in [3.05, 3.63) is 12.7 Å². The zero-order valence-electron chi connectivity index (χ0n) is 18.8. The zero-order chi connectivity index (χ0) is 22.8. The maximum atomic E-state index is 12.7. The number of ether oxygens (including phenoxy) is 1. The Balaban J connectivity index is 1.79. The summed E-state index contributed by atoms with van der Waals surface area (Å²) in [5.74, 6) is 0.562. The summed E-state index contributed by atoms with van der Waals surface area (Å²) in [5.41, 5.74) is 0.327. The minimum absolute atomic E-state index is 0.0296. The molecule has 2 unspecified atom stereocenters. The van der Waals surface area contributed by atoms with Crippen LogP contribution in [0.4, 0.5) is 5.82 Å². The molecule has 3 rings (SSSR count). The zero-order valence-corrected chi connectivity index (χ0v) is 19.8. The lowest BCUT2D eigenvalue weighted by molar-refractivity contribution is -0.0622. The molecule has 31 heavy (non-hydrogen) atoms. The van der Waals surface area contributed by atoms with Crippen LogP contribution in [0.2, 0.25) is 0 Å². The minimum Gasteiger partial charge on any atom is -0.388 e. The number of imidazole rings is 1. The van der Waals surface area contributed by atoms with E-state index in [0.29, 0.717) is 29.8 Å². The number of aliphatic hydroxyl groups is 2. The normalized spacial score (nSPS) is 27.0. The molecule has 11 heteroatoms. The van der Waals surface area contributed by atoms with Crippen molar-refractivity contribution in [2.45, 2.75) is 89.2 Å². The van der Waals surface area contributed by atoms with Crippen molar-refractivity contribution < 1.29 is 24.0 Å². The molecular weight excluding hydrogens is 421 g/mol. The summed E-state index contributed by atoms with van der Waals surface area (Å²) < 4.78 is 26.4. The molecule has 3 heterocycles. The van der Waals surface area contributed by atoms with Gasteiger partial charge in [0.05, 0.1) is 18.0 Å². The molecule has 1 fully saturated rings. The van der Waals surface area contributed by atoms with Gasteiger partial charge in [0.15, 0.2) is 25.7 Å². The number of nitrogens with one attached hydrogen (secondary N) is 1. The second-order valence-electron chi connectivity index (χ2n) is 8.28. The van der Waals surface area contributed by atoms with Gasteiger partial charge < -0.3 is 24.8 Å². The predicted octanol–water partition coefficient (Wildman–Crippen LogP) is 2.73. The monoisotopic (exact) mass is 455 g/mol. The van der Waals surface area contributed by atoms with Gasteiger partial charge in [0.25, 0.3) is 0 Å². The van der Waals surface area contributed by atoms with Gasteiger partial charge in [-0.15, -0.1) is 0 Å². The molecule has 0 amide bonds. The van der Waals surface area contributed by atoms with Crippen LogP contribution in [0.3, 0.4) is 0 Å². The highest BCUT2D eigenvalue weighted by Gasteiger charge is 2.47. The predicted molar refractivity (Wildman–Crippen MR) is 119 cm³/mol. The van der Waals surface area contributed by atoms with Crippen molar-refractivity contribution in [2.24, 2.45) is 0 Å². The molecular formula is C20H34N5O5P. The first-order valence-electron chi connectivity index (χ1n) is 10.9. The van der Waals surface area contributed by atoms with Crippen molar-refractivity contribution in [3.63, 3.8) is 0 Å². The fourth-order valence-electron chi connectivity index (χ4n) is 3.98. The first-order chi connectivity index (χ1) is 14.8. The second-order valence-corrected chi connectivity index (χ2v) is 9.94. The summed E-state index contributed by atoms with van der Waals surface area (Å²) >= 11 is 0. The number of nitrogens with zero attached hydrogens (tertiary/aromatic N) is 4. The molecule has 1 aliphatic rings. The molecule has 2 aromatic rings. The summed E-state index contributed by atoms with van der Waals surface area (Å²) in [5, 5.41) is 24.4. The molecule has 0 radical (unpaired) electrons. The van der Waals surface area contributed by atoms with E-state index < -0.39 is 38.2 Å². The Labute approximate surface area is 183 Å². The van der Waals surface area contributed by atoms with E-state index in [1.807, 2.05) is 27.7 Å². The summed E-state index contributed by atoms with van der Waals surface area (Å²) in [4.78, 5) is 12.7. The Morgan fingerprint density at radius 3 is 2.58 bits per heavy atom. The Kier molecular flexibility index (Phi) is 7.70. The number of hydrogen-bond donors (Lipinski definition) is 3. The molecule has 6 atom stereocenters. The van der Waals surface area contributed by atoms with Crippen LogP contribution in [0.15, 0.2) is 12.7 Å². The number of fused-ring (bicyclic) bond motifs is 1. The third-order valence-corrected chi connectivity index (χ3v) is 8.43. The highest BCUT2D eigenvalue weighted by molar-refractivity contribution is 7.40. The van der Waals surface area contributed by atoms with Crippen molar-refractivity contribution in [3.8, 4) is 0 Å². The van der Waals surface area contributed by atoms with Crippen LogP contribution < -0.4 is 5.32 Å². The Morgan fingerprint density at radius 2 is 1.97 bits per heavy atom. The van der Waals surface area contributed by atoms with Gasteiger partial charge in [-0.2, -0.15) is 0 Å². The molecule has 0 bridgehead atoms. The van der Waals surface area contributed by atoms with E-state index in [1.165, 1.54) is 12.7 Å². The van der Waals surface area contributed by atoms with Crippen molar-refractivity contribution >= 4 is 25.0 Å². The maximum absolute atomic E-state index is 12.7. The third-order valence-electron chi connectivity index (χ3n) is 6.25. The van der Waals surface area contributed by atoms with E-state index in [4.69, 9.17) is 9.26 Å². The highest BCUT2D eigenvalue weighted by Crippen LogP contribution is 2.43. The number of rotatable bonds is 10. The Morgan fingerprint density at radius 1 is 1.26 bits per heavy atom. The number of anilines is 1. The average Bonchev–Trinajstić information content (AvgIpc) is 3.30. The quantitative estimate of drug-likeness (QED) is 0.463. The van der Waals surface area contributed by atoms with Crippen LogP contribution in [0.25, 0.3) is 11.2 Å². The van der Waals surface area contributed by atoms with Gasteiger partial charge in [-0.05, 0) is 26.2 Å². The van der Waals surface area contributed by atoms with Crippen LogP contribution in [0.1, 0.15) is 59.6 Å². The largest absolute Gasteiger partial charge is 0.388 e. The first kappa shape index (κ1) is 24.1. The molecule has 0 spiro atoms. The van der Waals surface area contributed by atoms with Crippen molar-refractivity contribution in [1.82, 2.24) is 19.5 Å². The molecule has 10 nitrogen and oxygen atoms in total. The van der Waals surface area contributed by atoms with E-state index in [-0.39, 0.29) is 5.66 Å². The lowest BCUT2D eigenvalue weighted by atomic mass is 9.93. The van der Waals surface area contributed by atoms with Gasteiger partial charge >= 0.3 is 0 Å². The minimum atomic E-state index is -2.25. The summed E-state index contributed by atoms with van der Waals surface area (Å²) in [6.45, 7) is 7.85. The molecule has 3 N–H and O–H groups in total. The van der Waals surface area contributed by atoms with E-state index in [0.717, 1.165) is 12.8 Å². The van der Waals surface area contributed by atoms with Gasteiger partial charge in [-0.25, -0.2) is 15.0 Å². The van der Waals surface area contributed by atoms with Crippen LogP contribution in [-0.2, 0) is 13.8 Å². The fraction of sp³-hybridized carbons (Fsp3) is 0.750. The van der Waals surface area contributed by atoms with Crippen LogP contribution >= 0.6 is 8.03 Å². The topological polar surface area (TPSA) is 132 Å². The van der Waals surface area contributed by atoms with Gasteiger partial charge in [-0.3, -0.25) is 9.13 Å².